The van der Waals surface area contributed by atoms with E-state index in [0.717, 1.165) is 11.9 Å². The Morgan fingerprint density at radius 3 is 2.94 bits per heavy atom. The Morgan fingerprint density at radius 2 is 2.19 bits per heavy atom. The first-order valence-electron chi connectivity index (χ1n) is 5.43. The van der Waals surface area contributed by atoms with Gasteiger partial charge in [-0.25, -0.2) is 0 Å². The summed E-state index contributed by atoms with van der Waals surface area (Å²) in [6.45, 7) is 2.67. The van der Waals surface area contributed by atoms with Gasteiger partial charge in [0.1, 0.15) is 0 Å². The van der Waals surface area contributed by atoms with E-state index in [1.54, 1.807) is 4.68 Å². The van der Waals surface area contributed by atoms with Crippen molar-refractivity contribution in [3.63, 3.8) is 0 Å². The zero-order chi connectivity index (χ0) is 11.5. The molecular formula is C12H15N3O. The molecule has 0 fully saturated rings. The van der Waals surface area contributed by atoms with Gasteiger partial charge in [-0.15, -0.1) is 0 Å². The number of hydrogen-bond acceptors (Lipinski definition) is 3. The number of rotatable bonds is 3. The monoisotopic (exact) mass is 217 g/mol. The van der Waals surface area contributed by atoms with Crippen molar-refractivity contribution in [2.75, 3.05) is 0 Å². The van der Waals surface area contributed by atoms with Crippen molar-refractivity contribution in [3.8, 4) is 0 Å². The van der Waals surface area contributed by atoms with Gasteiger partial charge in [0.15, 0.2) is 0 Å². The lowest BCUT2D eigenvalue weighted by atomic mass is 10.2. The summed E-state index contributed by atoms with van der Waals surface area (Å²) in [6.07, 6.45) is 2.24. The minimum Gasteiger partial charge on any atom is -0.326 e. The molecule has 0 saturated carbocycles. The second kappa shape index (κ2) is 4.45. The van der Waals surface area contributed by atoms with Crippen LogP contribution < -0.4 is 11.2 Å². The molecule has 0 amide bonds. The number of aromatic nitrogens is 2. The smallest absolute Gasteiger partial charge is 0.207 e. The number of hydrogen-bond donors (Lipinski definition) is 1. The van der Waals surface area contributed by atoms with Gasteiger partial charge in [-0.2, -0.15) is 5.10 Å². The number of fused-ring (bicyclic) bond motifs is 1. The van der Waals surface area contributed by atoms with Crippen LogP contribution in [0.3, 0.4) is 0 Å². The van der Waals surface area contributed by atoms with E-state index in [1.165, 1.54) is 6.20 Å². The van der Waals surface area contributed by atoms with E-state index in [4.69, 9.17) is 5.73 Å². The second-order valence-electron chi connectivity index (χ2n) is 3.88. The topological polar surface area (TPSA) is 60.9 Å². The van der Waals surface area contributed by atoms with Gasteiger partial charge >= 0.3 is 0 Å². The van der Waals surface area contributed by atoms with Gasteiger partial charge in [-0.1, -0.05) is 19.1 Å². The Kier molecular flexibility index (Phi) is 3.01. The molecule has 4 heteroatoms. The summed E-state index contributed by atoms with van der Waals surface area (Å²) in [5, 5.41) is 4.81. The maximum atomic E-state index is 11.6. The van der Waals surface area contributed by atoms with Crippen LogP contribution in [0.2, 0.25) is 0 Å². The van der Waals surface area contributed by atoms with Gasteiger partial charge in [0.25, 0.3) is 0 Å². The average Bonchev–Trinajstić information content (AvgIpc) is 2.33. The summed E-state index contributed by atoms with van der Waals surface area (Å²) in [5.74, 6) is 0. The van der Waals surface area contributed by atoms with Crippen LogP contribution in [-0.2, 0) is 6.54 Å². The Balaban J connectivity index is 2.54. The van der Waals surface area contributed by atoms with E-state index >= 15 is 0 Å². The maximum Gasteiger partial charge on any atom is 0.207 e. The molecule has 1 unspecified atom stereocenters. The standard InChI is InChI=1S/C12H15N3O/c1-2-9(13)8-15-11-6-4-3-5-10(11)12(16)7-14-15/h3-7,9H,2,8,13H2,1H3. The molecule has 84 valence electrons. The molecule has 1 aromatic heterocycles. The Bertz CT molecular complexity index is 547. The highest BCUT2D eigenvalue weighted by Crippen LogP contribution is 2.08. The number of benzene rings is 1. The van der Waals surface area contributed by atoms with Crippen LogP contribution in [0.15, 0.2) is 35.3 Å². The minimum atomic E-state index is -0.0445. The maximum absolute atomic E-state index is 11.6. The first kappa shape index (κ1) is 10.8. The van der Waals surface area contributed by atoms with E-state index in [0.29, 0.717) is 11.9 Å². The average molecular weight is 217 g/mol. The summed E-state index contributed by atoms with van der Waals surface area (Å²) < 4.78 is 1.80. The van der Waals surface area contributed by atoms with E-state index in [9.17, 15) is 4.79 Å². The van der Waals surface area contributed by atoms with Crippen LogP contribution in [0.5, 0.6) is 0 Å². The highest BCUT2D eigenvalue weighted by molar-refractivity contribution is 5.77. The molecule has 1 atom stereocenters. The first-order chi connectivity index (χ1) is 7.72. The van der Waals surface area contributed by atoms with Crippen LogP contribution in [0.4, 0.5) is 0 Å². The molecule has 2 rings (SSSR count). The van der Waals surface area contributed by atoms with Gasteiger partial charge in [-0.3, -0.25) is 9.48 Å². The summed E-state index contributed by atoms with van der Waals surface area (Å²) in [4.78, 5) is 11.6. The molecule has 1 aromatic carbocycles. The molecule has 0 radical (unpaired) electrons. The highest BCUT2D eigenvalue weighted by atomic mass is 16.1. The molecule has 4 nitrogen and oxygen atoms in total. The summed E-state index contributed by atoms with van der Waals surface area (Å²) in [7, 11) is 0. The number of nitrogens with zero attached hydrogens (tertiary/aromatic N) is 2. The Hall–Kier alpha value is -1.68. The third-order valence-electron chi connectivity index (χ3n) is 2.69. The van der Waals surface area contributed by atoms with Crippen molar-refractivity contribution in [1.82, 2.24) is 9.78 Å². The van der Waals surface area contributed by atoms with Gasteiger partial charge < -0.3 is 5.73 Å². The van der Waals surface area contributed by atoms with Gasteiger partial charge in [0.2, 0.25) is 5.43 Å². The third-order valence-corrected chi connectivity index (χ3v) is 2.69. The van der Waals surface area contributed by atoms with Crippen molar-refractivity contribution in [2.45, 2.75) is 25.9 Å². The quantitative estimate of drug-likeness (QED) is 0.838. The van der Waals surface area contributed by atoms with E-state index in [2.05, 4.69) is 5.10 Å². The van der Waals surface area contributed by atoms with Crippen LogP contribution >= 0.6 is 0 Å². The molecule has 2 aromatic rings. The van der Waals surface area contributed by atoms with Crippen LogP contribution in [0, 0.1) is 0 Å². The summed E-state index contributed by atoms with van der Waals surface area (Å²) in [6, 6.07) is 7.53. The van der Waals surface area contributed by atoms with Crippen LogP contribution in [0.25, 0.3) is 10.9 Å². The molecule has 16 heavy (non-hydrogen) atoms. The predicted octanol–water partition coefficient (Wildman–Crippen LogP) is 1.13. The molecule has 0 saturated heterocycles. The van der Waals surface area contributed by atoms with Crippen molar-refractivity contribution >= 4 is 10.9 Å². The molecule has 1 heterocycles. The summed E-state index contributed by atoms with van der Waals surface area (Å²) >= 11 is 0. The van der Waals surface area contributed by atoms with Crippen molar-refractivity contribution < 1.29 is 0 Å². The lowest BCUT2D eigenvalue weighted by Crippen LogP contribution is -2.27. The third kappa shape index (κ3) is 1.97. The molecule has 0 bridgehead atoms. The fraction of sp³-hybridized carbons (Fsp3) is 0.333. The zero-order valence-corrected chi connectivity index (χ0v) is 9.26. The van der Waals surface area contributed by atoms with Crippen LogP contribution in [-0.4, -0.2) is 15.8 Å². The van der Waals surface area contributed by atoms with Gasteiger partial charge in [0.05, 0.1) is 18.3 Å². The van der Waals surface area contributed by atoms with Crippen molar-refractivity contribution in [2.24, 2.45) is 5.73 Å². The largest absolute Gasteiger partial charge is 0.326 e. The fourth-order valence-corrected chi connectivity index (χ4v) is 1.66. The Morgan fingerprint density at radius 1 is 1.44 bits per heavy atom. The normalized spacial score (nSPS) is 12.9. The molecule has 2 N–H and O–H groups in total. The molecule has 0 spiro atoms. The van der Waals surface area contributed by atoms with Gasteiger partial charge in [0, 0.05) is 11.4 Å². The second-order valence-corrected chi connectivity index (χ2v) is 3.88. The van der Waals surface area contributed by atoms with E-state index in [1.807, 2.05) is 31.2 Å². The van der Waals surface area contributed by atoms with Crippen molar-refractivity contribution in [1.29, 1.82) is 0 Å². The molecule has 0 aliphatic rings. The van der Waals surface area contributed by atoms with Crippen LogP contribution in [0.1, 0.15) is 13.3 Å². The molecule has 0 aliphatic heterocycles. The predicted molar refractivity (Wildman–Crippen MR) is 64.3 cm³/mol. The first-order valence-corrected chi connectivity index (χ1v) is 5.43. The minimum absolute atomic E-state index is 0.0445. The summed E-state index contributed by atoms with van der Waals surface area (Å²) in [5.41, 5.74) is 6.70. The Labute approximate surface area is 93.7 Å². The lowest BCUT2D eigenvalue weighted by Gasteiger charge is -2.13. The lowest BCUT2D eigenvalue weighted by molar-refractivity contribution is 0.506. The van der Waals surface area contributed by atoms with E-state index in [-0.39, 0.29) is 11.5 Å². The van der Waals surface area contributed by atoms with Crippen molar-refractivity contribution in [3.05, 3.63) is 40.7 Å². The van der Waals surface area contributed by atoms with E-state index < -0.39 is 0 Å². The molecule has 0 aliphatic carbocycles. The van der Waals surface area contributed by atoms with Gasteiger partial charge in [-0.05, 0) is 18.6 Å². The zero-order valence-electron chi connectivity index (χ0n) is 9.26. The fourth-order valence-electron chi connectivity index (χ4n) is 1.66. The number of para-hydroxylation sites is 1. The number of nitrogens with two attached hydrogens (primary N) is 1. The highest BCUT2D eigenvalue weighted by Gasteiger charge is 2.06. The SMILES string of the molecule is CCC(N)Cn1ncc(=O)c2ccccc21. The molecular weight excluding hydrogens is 202 g/mol.